The van der Waals surface area contributed by atoms with Gasteiger partial charge in [0.2, 0.25) is 5.91 Å². The van der Waals surface area contributed by atoms with Crippen molar-refractivity contribution in [2.75, 3.05) is 31.1 Å². The van der Waals surface area contributed by atoms with Crippen molar-refractivity contribution in [3.8, 4) is 0 Å². The highest BCUT2D eigenvalue weighted by atomic mass is 19.1. The summed E-state index contributed by atoms with van der Waals surface area (Å²) in [6.07, 6.45) is 4.54. The van der Waals surface area contributed by atoms with Gasteiger partial charge in [-0.05, 0) is 60.7 Å². The van der Waals surface area contributed by atoms with E-state index in [-0.39, 0.29) is 24.2 Å². The number of hydrogen-bond acceptors (Lipinski definition) is 5. The Bertz CT molecular complexity index is 1440. The molecule has 0 unspecified atom stereocenters. The molecular formula is C32H35FN6O2. The lowest BCUT2D eigenvalue weighted by atomic mass is 10.0. The van der Waals surface area contributed by atoms with E-state index < -0.39 is 0 Å². The summed E-state index contributed by atoms with van der Waals surface area (Å²) >= 11 is 0. The first-order valence-electron chi connectivity index (χ1n) is 14.0. The van der Waals surface area contributed by atoms with Gasteiger partial charge in [0, 0.05) is 44.8 Å². The molecule has 0 atom stereocenters. The number of anilines is 1. The molecule has 1 aliphatic rings. The van der Waals surface area contributed by atoms with Gasteiger partial charge in [0.1, 0.15) is 25.0 Å². The SMILES string of the molecule is Cc1cccc2c1N(C(=O)c1ccc(F)cc1)CCCN(Cc1ccccc1)CCCN(C(=O)Cn1cncn1)C2. The maximum Gasteiger partial charge on any atom is 0.258 e. The number of rotatable bonds is 5. The highest BCUT2D eigenvalue weighted by Gasteiger charge is 2.25. The molecule has 0 radical (unpaired) electrons. The number of halogens is 1. The molecule has 5 rings (SSSR count). The van der Waals surface area contributed by atoms with Crippen molar-refractivity contribution in [2.45, 2.75) is 39.4 Å². The van der Waals surface area contributed by atoms with E-state index in [2.05, 4.69) is 27.1 Å². The van der Waals surface area contributed by atoms with E-state index in [0.717, 1.165) is 49.3 Å². The van der Waals surface area contributed by atoms with Gasteiger partial charge < -0.3 is 9.80 Å². The zero-order chi connectivity index (χ0) is 28.6. The topological polar surface area (TPSA) is 74.6 Å². The Morgan fingerprint density at radius 2 is 1.63 bits per heavy atom. The van der Waals surface area contributed by atoms with Gasteiger partial charge in [-0.3, -0.25) is 14.5 Å². The summed E-state index contributed by atoms with van der Waals surface area (Å²) in [7, 11) is 0. The molecule has 212 valence electrons. The summed E-state index contributed by atoms with van der Waals surface area (Å²) in [5.41, 5.74) is 4.29. The van der Waals surface area contributed by atoms with Crippen LogP contribution in [0.5, 0.6) is 0 Å². The number of amides is 2. The van der Waals surface area contributed by atoms with E-state index in [1.807, 2.05) is 48.2 Å². The Balaban J connectivity index is 1.49. The minimum atomic E-state index is -0.384. The maximum atomic E-state index is 13.9. The highest BCUT2D eigenvalue weighted by Crippen LogP contribution is 2.29. The molecule has 0 spiro atoms. The van der Waals surface area contributed by atoms with Crippen molar-refractivity contribution in [3.63, 3.8) is 0 Å². The van der Waals surface area contributed by atoms with Crippen LogP contribution in [0.15, 0.2) is 85.5 Å². The zero-order valence-corrected chi connectivity index (χ0v) is 23.3. The number of aromatic nitrogens is 3. The predicted octanol–water partition coefficient (Wildman–Crippen LogP) is 4.70. The van der Waals surface area contributed by atoms with Crippen molar-refractivity contribution >= 4 is 17.5 Å². The van der Waals surface area contributed by atoms with E-state index in [0.29, 0.717) is 25.2 Å². The smallest absolute Gasteiger partial charge is 0.258 e. The third kappa shape index (κ3) is 7.24. The third-order valence-corrected chi connectivity index (χ3v) is 7.41. The van der Waals surface area contributed by atoms with Gasteiger partial charge >= 0.3 is 0 Å². The lowest BCUT2D eigenvalue weighted by Gasteiger charge is -2.32. The first-order valence-corrected chi connectivity index (χ1v) is 14.0. The maximum absolute atomic E-state index is 13.9. The van der Waals surface area contributed by atoms with Gasteiger partial charge in [-0.25, -0.2) is 14.1 Å². The average Bonchev–Trinajstić information content (AvgIpc) is 3.48. The molecule has 0 saturated heterocycles. The van der Waals surface area contributed by atoms with Gasteiger partial charge in [-0.15, -0.1) is 0 Å². The number of fused-ring (bicyclic) bond motifs is 1. The second-order valence-corrected chi connectivity index (χ2v) is 10.4. The number of carbonyl (C=O) groups excluding carboxylic acids is 2. The predicted molar refractivity (Wildman–Crippen MR) is 156 cm³/mol. The molecule has 0 saturated carbocycles. The lowest BCUT2D eigenvalue weighted by molar-refractivity contribution is -0.132. The summed E-state index contributed by atoms with van der Waals surface area (Å²) in [5, 5.41) is 4.12. The van der Waals surface area contributed by atoms with Gasteiger partial charge in [-0.2, -0.15) is 5.10 Å². The number of aryl methyl sites for hydroxylation is 1. The van der Waals surface area contributed by atoms with Crippen LogP contribution in [0, 0.1) is 12.7 Å². The Labute approximate surface area is 240 Å². The Morgan fingerprint density at radius 3 is 2.37 bits per heavy atom. The molecule has 1 aromatic heterocycles. The molecule has 8 nitrogen and oxygen atoms in total. The second-order valence-electron chi connectivity index (χ2n) is 10.4. The van der Waals surface area contributed by atoms with E-state index in [1.54, 1.807) is 4.90 Å². The fourth-order valence-corrected chi connectivity index (χ4v) is 5.40. The lowest BCUT2D eigenvalue weighted by Crippen LogP contribution is -2.40. The number of carbonyl (C=O) groups is 2. The van der Waals surface area contributed by atoms with Crippen molar-refractivity contribution in [1.29, 1.82) is 0 Å². The molecule has 0 aliphatic carbocycles. The monoisotopic (exact) mass is 554 g/mol. The van der Waals surface area contributed by atoms with Crippen LogP contribution in [0.25, 0.3) is 0 Å². The van der Waals surface area contributed by atoms with Crippen LogP contribution < -0.4 is 4.90 Å². The van der Waals surface area contributed by atoms with Gasteiger partial charge in [0.15, 0.2) is 0 Å². The fraction of sp³-hybridized carbons (Fsp3) is 0.312. The van der Waals surface area contributed by atoms with E-state index >= 15 is 0 Å². The number of benzene rings is 3. The summed E-state index contributed by atoms with van der Waals surface area (Å²) in [4.78, 5) is 37.5. The van der Waals surface area contributed by atoms with E-state index in [9.17, 15) is 14.0 Å². The number of para-hydroxylation sites is 1. The van der Waals surface area contributed by atoms with Crippen molar-refractivity contribution < 1.29 is 14.0 Å². The Hall–Kier alpha value is -4.37. The molecule has 0 fully saturated rings. The van der Waals surface area contributed by atoms with Crippen LogP contribution in [0.3, 0.4) is 0 Å². The van der Waals surface area contributed by atoms with Crippen molar-refractivity contribution in [2.24, 2.45) is 0 Å². The Morgan fingerprint density at radius 1 is 0.878 bits per heavy atom. The molecule has 4 aromatic rings. The van der Waals surface area contributed by atoms with E-state index in [1.165, 1.54) is 47.2 Å². The van der Waals surface area contributed by atoms with Crippen LogP contribution in [-0.2, 0) is 24.4 Å². The normalized spacial score (nSPS) is 15.1. The minimum absolute atomic E-state index is 0.0639. The number of hydrogen-bond donors (Lipinski definition) is 0. The molecule has 0 bridgehead atoms. The van der Waals surface area contributed by atoms with Crippen LogP contribution in [0.1, 0.15) is 39.9 Å². The third-order valence-electron chi connectivity index (χ3n) is 7.41. The summed E-state index contributed by atoms with van der Waals surface area (Å²) in [6.45, 7) is 5.88. The molecule has 0 N–H and O–H groups in total. The van der Waals surface area contributed by atoms with Gasteiger partial charge in [-0.1, -0.05) is 48.5 Å². The quantitative estimate of drug-likeness (QED) is 0.358. The molecule has 3 aromatic carbocycles. The average molecular weight is 555 g/mol. The summed E-state index contributed by atoms with van der Waals surface area (Å²) in [5.74, 6) is -0.636. The largest absolute Gasteiger partial charge is 0.337 e. The standard InChI is InChI=1S/C32H35FN6O2/c1-25-8-5-11-28-21-37(30(40)22-38-24-34-23-35-38)18-6-16-36(20-26-9-3-2-4-10-26)17-7-19-39(31(25)28)32(41)27-12-14-29(33)15-13-27/h2-5,8-15,23-24H,6-7,16-22H2,1H3. The second kappa shape index (κ2) is 13.3. The molecular weight excluding hydrogens is 519 g/mol. The molecule has 1 aliphatic heterocycles. The molecule has 41 heavy (non-hydrogen) atoms. The van der Waals surface area contributed by atoms with Crippen molar-refractivity contribution in [1.82, 2.24) is 24.6 Å². The highest BCUT2D eigenvalue weighted by molar-refractivity contribution is 6.07. The van der Waals surface area contributed by atoms with Crippen LogP contribution in [0.2, 0.25) is 0 Å². The van der Waals surface area contributed by atoms with Crippen LogP contribution >= 0.6 is 0 Å². The first-order chi connectivity index (χ1) is 20.0. The fourth-order valence-electron chi connectivity index (χ4n) is 5.40. The summed E-state index contributed by atoms with van der Waals surface area (Å²) in [6, 6.07) is 21.9. The van der Waals surface area contributed by atoms with Gasteiger partial charge in [0.05, 0.1) is 5.69 Å². The van der Waals surface area contributed by atoms with Gasteiger partial charge in [0.25, 0.3) is 5.91 Å². The molecule has 2 heterocycles. The Kier molecular flexibility index (Phi) is 9.15. The van der Waals surface area contributed by atoms with E-state index in [4.69, 9.17) is 0 Å². The zero-order valence-electron chi connectivity index (χ0n) is 23.3. The van der Waals surface area contributed by atoms with Crippen molar-refractivity contribution in [3.05, 3.63) is 114 Å². The van der Waals surface area contributed by atoms with Crippen LogP contribution in [0.4, 0.5) is 10.1 Å². The minimum Gasteiger partial charge on any atom is -0.337 e. The first kappa shape index (κ1) is 28.2. The molecule has 9 heteroatoms. The number of nitrogens with zero attached hydrogens (tertiary/aromatic N) is 6. The molecule has 2 amide bonds. The van der Waals surface area contributed by atoms with Crippen LogP contribution in [-0.4, -0.2) is 62.6 Å². The summed E-state index contributed by atoms with van der Waals surface area (Å²) < 4.78 is 15.2.